The Bertz CT molecular complexity index is 1250. The number of aliphatic hydroxyl groups is 4. The molecule has 3 rings (SSSR count). The number of ether oxygens (including phenoxy) is 2. The number of nitrogens with zero attached hydrogens (tertiary/aromatic N) is 1. The lowest BCUT2D eigenvalue weighted by Crippen LogP contribution is -2.64. The highest BCUT2D eigenvalue weighted by atomic mass is 31.3. The molecule has 1 aromatic rings. The largest absolute Gasteiger partial charge is 0.483 e. The van der Waals surface area contributed by atoms with Gasteiger partial charge in [0.25, 0.3) is 5.56 Å². The molecule has 3 heterocycles. The summed E-state index contributed by atoms with van der Waals surface area (Å²) in [5.41, 5.74) is -1.28. The Morgan fingerprint density at radius 3 is 2.44 bits per heavy atom. The number of aromatic amines is 1. The van der Waals surface area contributed by atoms with Gasteiger partial charge in [-0.25, -0.2) is 13.9 Å². The molecule has 2 aliphatic heterocycles. The maximum Gasteiger partial charge on any atom is 0.483 e. The molecular weight excluding hydrogens is 576 g/mol. The van der Waals surface area contributed by atoms with Crippen LogP contribution in [-0.2, 0) is 36.8 Å². The van der Waals surface area contributed by atoms with E-state index in [0.29, 0.717) is 0 Å². The van der Waals surface area contributed by atoms with E-state index in [1.807, 2.05) is 0 Å². The van der Waals surface area contributed by atoms with Crippen LogP contribution in [0.4, 0.5) is 0 Å². The molecule has 0 saturated carbocycles. The van der Waals surface area contributed by atoms with Gasteiger partial charge in [-0.2, -0.15) is 4.31 Å². The number of aryl methyl sites for hydroxylation is 1. The molecular formula is C18H29N3O16P2. The van der Waals surface area contributed by atoms with Crippen LogP contribution in [-0.4, -0.2) is 102 Å². The first kappa shape index (κ1) is 31.7. The van der Waals surface area contributed by atoms with E-state index in [-0.39, 0.29) is 12.0 Å². The predicted molar refractivity (Wildman–Crippen MR) is 124 cm³/mol. The zero-order chi connectivity index (χ0) is 29.3. The molecule has 222 valence electrons. The number of phosphoric ester groups is 2. The second-order valence-corrected chi connectivity index (χ2v) is 11.8. The van der Waals surface area contributed by atoms with Crippen molar-refractivity contribution in [1.82, 2.24) is 14.9 Å². The van der Waals surface area contributed by atoms with Crippen molar-refractivity contribution in [3.63, 3.8) is 0 Å². The number of hydrogen-bond donors (Lipinski definition) is 8. The molecule has 8 N–H and O–H groups in total. The van der Waals surface area contributed by atoms with E-state index in [9.17, 15) is 53.7 Å². The first-order valence-corrected chi connectivity index (χ1v) is 14.3. The van der Waals surface area contributed by atoms with E-state index in [1.165, 1.54) is 13.1 Å². The highest BCUT2D eigenvalue weighted by Crippen LogP contribution is 2.61. The van der Waals surface area contributed by atoms with E-state index in [0.717, 1.165) is 11.5 Å². The fraction of sp³-hybridized carbons (Fsp3) is 0.722. The first-order valence-electron chi connectivity index (χ1n) is 11.3. The summed E-state index contributed by atoms with van der Waals surface area (Å²) in [5.74, 6) is -0.716. The minimum absolute atomic E-state index is 0.176. The molecule has 0 radical (unpaired) electrons. The Hall–Kier alpha value is -1.83. The SMILES string of the molecule is CC(=O)N[C@@H]1[C@@H](O)[C@@H](OP(=O)(O)OP(=O)(O)OC[C@H]2O[C@@H](n3cc(C)c(=O)[nH]c3=O)C[C@@H]2O)O[C@H](CO)[C@H]1O. The minimum Gasteiger partial charge on any atom is -0.394 e. The van der Waals surface area contributed by atoms with Gasteiger partial charge < -0.3 is 45.0 Å². The van der Waals surface area contributed by atoms with Crippen LogP contribution in [0, 0.1) is 6.92 Å². The molecule has 2 fully saturated rings. The molecule has 1 amide bonds. The quantitative estimate of drug-likeness (QED) is 0.121. The summed E-state index contributed by atoms with van der Waals surface area (Å²) in [4.78, 5) is 56.9. The van der Waals surface area contributed by atoms with E-state index in [1.54, 1.807) is 0 Å². The summed E-state index contributed by atoms with van der Waals surface area (Å²) in [5, 5.41) is 42.2. The second-order valence-electron chi connectivity index (χ2n) is 8.76. The summed E-state index contributed by atoms with van der Waals surface area (Å²) in [6, 6.07) is -1.52. The van der Waals surface area contributed by atoms with Gasteiger partial charge in [-0.3, -0.25) is 28.2 Å². The summed E-state index contributed by atoms with van der Waals surface area (Å²) >= 11 is 0. The van der Waals surface area contributed by atoms with Crippen molar-refractivity contribution in [1.29, 1.82) is 0 Å². The van der Waals surface area contributed by atoms with Crippen molar-refractivity contribution >= 4 is 21.6 Å². The molecule has 2 unspecified atom stereocenters. The zero-order valence-electron chi connectivity index (χ0n) is 20.4. The lowest BCUT2D eigenvalue weighted by molar-refractivity contribution is -0.255. The zero-order valence-corrected chi connectivity index (χ0v) is 22.2. The van der Waals surface area contributed by atoms with Crippen LogP contribution in [0.25, 0.3) is 0 Å². The van der Waals surface area contributed by atoms with E-state index >= 15 is 0 Å². The third kappa shape index (κ3) is 7.89. The molecule has 0 spiro atoms. The summed E-state index contributed by atoms with van der Waals surface area (Å²) < 4.78 is 49.6. The number of carbonyl (C=O) groups excluding carboxylic acids is 1. The standard InChI is InChI=1S/C18H29N3O16P2/c1-7-4-21(18(28)20-16(7)27)12-3-9(24)11(34-12)6-33-38(29,30)37-39(31,32)36-17-15(26)13(19-8(2)23)14(25)10(5-22)35-17/h4,9-15,17,22,24-26H,3,5-6H2,1-2H3,(H,19,23)(H,29,30)(H,31,32)(H,20,27,28)/t9-,10+,11+,12+,13-,14+,15+,17+/m0/s1. The van der Waals surface area contributed by atoms with Gasteiger partial charge in [0.05, 0.1) is 25.4 Å². The molecule has 10 atom stereocenters. The van der Waals surface area contributed by atoms with Gasteiger partial charge in [-0.05, 0) is 6.92 Å². The fourth-order valence-corrected chi connectivity index (χ4v) is 6.05. The topological polar surface area (TPSA) is 286 Å². The van der Waals surface area contributed by atoms with Crippen LogP contribution >= 0.6 is 15.6 Å². The average molecular weight is 605 g/mol. The number of amides is 1. The lowest BCUT2D eigenvalue weighted by atomic mass is 9.96. The Kier molecular flexibility index (Phi) is 10.0. The Morgan fingerprint density at radius 2 is 1.82 bits per heavy atom. The molecule has 0 bridgehead atoms. The minimum atomic E-state index is -5.57. The number of phosphoric acid groups is 2. The Balaban J connectivity index is 1.62. The van der Waals surface area contributed by atoms with Crippen molar-refractivity contribution < 1.29 is 67.0 Å². The van der Waals surface area contributed by atoms with Crippen molar-refractivity contribution in [2.45, 2.75) is 69.3 Å². The molecule has 21 heteroatoms. The number of H-pyrrole nitrogens is 1. The summed E-state index contributed by atoms with van der Waals surface area (Å²) in [6.45, 7) is 0.746. The van der Waals surface area contributed by atoms with Crippen molar-refractivity contribution in [2.24, 2.45) is 0 Å². The molecule has 39 heavy (non-hydrogen) atoms. The normalized spacial score (nSPS) is 34.3. The van der Waals surface area contributed by atoms with Crippen molar-refractivity contribution in [2.75, 3.05) is 13.2 Å². The van der Waals surface area contributed by atoms with Crippen LogP contribution in [0.1, 0.15) is 25.1 Å². The molecule has 0 aromatic carbocycles. The maximum absolute atomic E-state index is 12.4. The first-order chi connectivity index (χ1) is 18.0. The van der Waals surface area contributed by atoms with E-state index in [2.05, 4.69) is 23.7 Å². The lowest BCUT2D eigenvalue weighted by Gasteiger charge is -2.42. The Labute approximate surface area is 219 Å². The number of rotatable bonds is 10. The number of aromatic nitrogens is 2. The van der Waals surface area contributed by atoms with Crippen molar-refractivity contribution in [3.05, 3.63) is 32.6 Å². The van der Waals surface area contributed by atoms with E-state index < -0.39 is 95.1 Å². The van der Waals surface area contributed by atoms with Gasteiger partial charge in [0.15, 0.2) is 6.29 Å². The van der Waals surface area contributed by atoms with Gasteiger partial charge >= 0.3 is 21.3 Å². The highest BCUT2D eigenvalue weighted by Gasteiger charge is 2.49. The highest BCUT2D eigenvalue weighted by molar-refractivity contribution is 7.61. The number of carbonyl (C=O) groups is 1. The Morgan fingerprint density at radius 1 is 1.15 bits per heavy atom. The van der Waals surface area contributed by atoms with Gasteiger partial charge in [0.1, 0.15) is 30.6 Å². The maximum atomic E-state index is 12.4. The average Bonchev–Trinajstić information content (AvgIpc) is 3.18. The molecule has 2 aliphatic rings. The van der Waals surface area contributed by atoms with Gasteiger partial charge in [-0.1, -0.05) is 0 Å². The monoisotopic (exact) mass is 605 g/mol. The summed E-state index contributed by atoms with van der Waals surface area (Å²) in [7, 11) is -11.0. The van der Waals surface area contributed by atoms with E-state index in [4.69, 9.17) is 9.47 Å². The van der Waals surface area contributed by atoms with Crippen LogP contribution in [0.15, 0.2) is 15.8 Å². The molecule has 2 saturated heterocycles. The van der Waals surface area contributed by atoms with Gasteiger partial charge in [0.2, 0.25) is 5.91 Å². The molecule has 1 aromatic heterocycles. The fourth-order valence-electron chi connectivity index (χ4n) is 3.89. The predicted octanol–water partition coefficient (Wildman–Crippen LogP) is -3.31. The van der Waals surface area contributed by atoms with Gasteiger partial charge in [0, 0.05) is 25.1 Å². The molecule has 0 aliphatic carbocycles. The van der Waals surface area contributed by atoms with Gasteiger partial charge in [-0.15, -0.1) is 0 Å². The number of aliphatic hydroxyl groups excluding tert-OH is 4. The smallest absolute Gasteiger partial charge is 0.394 e. The third-order valence-electron chi connectivity index (χ3n) is 5.76. The number of hydrogen-bond acceptors (Lipinski definition) is 14. The van der Waals surface area contributed by atoms with Crippen LogP contribution in [0.3, 0.4) is 0 Å². The van der Waals surface area contributed by atoms with Crippen LogP contribution in [0.5, 0.6) is 0 Å². The summed E-state index contributed by atoms with van der Waals surface area (Å²) in [6.07, 6.45) is -9.99. The second kappa shape index (κ2) is 12.4. The molecule has 19 nitrogen and oxygen atoms in total. The third-order valence-corrected chi connectivity index (χ3v) is 8.36. The number of nitrogens with one attached hydrogen (secondary N) is 2. The van der Waals surface area contributed by atoms with Crippen molar-refractivity contribution in [3.8, 4) is 0 Å². The van der Waals surface area contributed by atoms with Crippen LogP contribution < -0.4 is 16.6 Å². The van der Waals surface area contributed by atoms with Crippen LogP contribution in [0.2, 0.25) is 0 Å².